The second kappa shape index (κ2) is 7.66. The van der Waals surface area contributed by atoms with Gasteiger partial charge in [0.25, 0.3) is 0 Å². The number of benzene rings is 1. The normalized spacial score (nSPS) is 18.1. The molecule has 3 nitrogen and oxygen atoms in total. The number of alkyl halides is 3. The average molecular weight is 323 g/mol. The Morgan fingerprint density at radius 1 is 1.38 bits per heavy atom. The van der Waals surface area contributed by atoms with Crippen LogP contribution in [0.3, 0.4) is 0 Å². The number of carbonyl (C=O) groups excluding carboxylic acids is 1. The van der Waals surface area contributed by atoms with E-state index in [4.69, 9.17) is 0 Å². The van der Waals surface area contributed by atoms with E-state index >= 15 is 0 Å². The summed E-state index contributed by atoms with van der Waals surface area (Å²) >= 11 is 0. The summed E-state index contributed by atoms with van der Waals surface area (Å²) in [5, 5.41) is 5.99. The van der Waals surface area contributed by atoms with E-state index in [0.29, 0.717) is 12.1 Å². The molecule has 1 aromatic rings. The summed E-state index contributed by atoms with van der Waals surface area (Å²) in [6.45, 7) is 1.48. The molecule has 1 aliphatic rings. The molecule has 1 aromatic carbocycles. The van der Waals surface area contributed by atoms with Crippen molar-refractivity contribution in [1.82, 2.24) is 10.6 Å². The highest BCUT2D eigenvalue weighted by molar-refractivity contribution is 5.85. The van der Waals surface area contributed by atoms with Gasteiger partial charge in [-0.25, -0.2) is 0 Å². The molecule has 0 radical (unpaired) electrons. The smallest absolute Gasteiger partial charge is 0.354 e. The van der Waals surface area contributed by atoms with Crippen LogP contribution >= 0.6 is 12.4 Å². The van der Waals surface area contributed by atoms with E-state index in [1.807, 2.05) is 0 Å². The fourth-order valence-electron chi connectivity index (χ4n) is 2.27. The van der Waals surface area contributed by atoms with Crippen molar-refractivity contribution in [2.45, 2.75) is 31.5 Å². The molecule has 0 aromatic heterocycles. The van der Waals surface area contributed by atoms with Crippen LogP contribution in [0.4, 0.5) is 13.2 Å². The second-order valence-corrected chi connectivity index (χ2v) is 4.97. The number of amides is 1. The van der Waals surface area contributed by atoms with Crippen LogP contribution in [-0.2, 0) is 17.4 Å². The summed E-state index contributed by atoms with van der Waals surface area (Å²) in [6, 6.07) is 5.16. The summed E-state index contributed by atoms with van der Waals surface area (Å²) in [4.78, 5) is 11.7. The predicted octanol–water partition coefficient (Wildman–Crippen LogP) is 2.54. The fraction of sp³-hybridized carbons (Fsp3) is 0.500. The minimum Gasteiger partial charge on any atom is -0.354 e. The molecule has 0 bridgehead atoms. The Bertz CT molecular complexity index is 474. The summed E-state index contributed by atoms with van der Waals surface area (Å²) in [5.74, 6) is -0.252. The summed E-state index contributed by atoms with van der Waals surface area (Å²) in [7, 11) is 0. The van der Waals surface area contributed by atoms with Gasteiger partial charge in [0.2, 0.25) is 5.91 Å². The highest BCUT2D eigenvalue weighted by Gasteiger charge is 2.30. The van der Waals surface area contributed by atoms with E-state index in [9.17, 15) is 18.0 Å². The lowest BCUT2D eigenvalue weighted by molar-refractivity contribution is -0.137. The lowest BCUT2D eigenvalue weighted by atomic mass is 10.1. The molecule has 118 valence electrons. The largest absolute Gasteiger partial charge is 0.416 e. The molecule has 1 saturated heterocycles. The van der Waals surface area contributed by atoms with Gasteiger partial charge in [-0.15, -0.1) is 12.4 Å². The maximum absolute atomic E-state index is 12.5. The Labute approximate surface area is 127 Å². The van der Waals surface area contributed by atoms with Crippen molar-refractivity contribution in [3.05, 3.63) is 35.4 Å². The molecular weight excluding hydrogens is 305 g/mol. The summed E-state index contributed by atoms with van der Waals surface area (Å²) in [6.07, 6.45) is -2.30. The van der Waals surface area contributed by atoms with Crippen molar-refractivity contribution in [2.24, 2.45) is 0 Å². The minimum absolute atomic E-state index is 0. The molecule has 21 heavy (non-hydrogen) atoms. The van der Waals surface area contributed by atoms with Crippen LogP contribution in [0.25, 0.3) is 0 Å². The first-order valence-corrected chi connectivity index (χ1v) is 6.61. The van der Waals surface area contributed by atoms with Gasteiger partial charge in [-0.3, -0.25) is 4.79 Å². The van der Waals surface area contributed by atoms with Crippen molar-refractivity contribution < 1.29 is 18.0 Å². The van der Waals surface area contributed by atoms with E-state index < -0.39 is 11.7 Å². The zero-order chi connectivity index (χ0) is 14.6. The zero-order valence-corrected chi connectivity index (χ0v) is 12.2. The van der Waals surface area contributed by atoms with E-state index in [0.717, 1.165) is 31.5 Å². The first-order chi connectivity index (χ1) is 9.45. The van der Waals surface area contributed by atoms with E-state index in [1.54, 1.807) is 0 Å². The highest BCUT2D eigenvalue weighted by Crippen LogP contribution is 2.29. The van der Waals surface area contributed by atoms with Crippen LogP contribution in [0, 0.1) is 0 Å². The van der Waals surface area contributed by atoms with Crippen LogP contribution in [0.5, 0.6) is 0 Å². The Hall–Kier alpha value is -1.27. The second-order valence-electron chi connectivity index (χ2n) is 4.97. The predicted molar refractivity (Wildman–Crippen MR) is 76.4 cm³/mol. The van der Waals surface area contributed by atoms with Gasteiger partial charge < -0.3 is 10.6 Å². The number of nitrogens with one attached hydrogen (secondary N) is 2. The minimum atomic E-state index is -4.37. The third-order valence-corrected chi connectivity index (χ3v) is 3.33. The molecule has 7 heteroatoms. The van der Waals surface area contributed by atoms with Crippen LogP contribution in [0.2, 0.25) is 0 Å². The van der Waals surface area contributed by atoms with Crippen LogP contribution in [0.1, 0.15) is 24.0 Å². The first kappa shape index (κ1) is 17.8. The number of carbonyl (C=O) groups is 1. The third-order valence-electron chi connectivity index (χ3n) is 3.33. The molecule has 0 aliphatic carbocycles. The number of hydrogen-bond donors (Lipinski definition) is 2. The Kier molecular flexibility index (Phi) is 6.48. The Morgan fingerprint density at radius 3 is 2.76 bits per heavy atom. The van der Waals surface area contributed by atoms with E-state index in [-0.39, 0.29) is 30.8 Å². The molecule has 2 N–H and O–H groups in total. The van der Waals surface area contributed by atoms with Crippen LogP contribution in [-0.4, -0.2) is 25.0 Å². The van der Waals surface area contributed by atoms with Gasteiger partial charge in [0, 0.05) is 12.6 Å². The molecule has 0 saturated carbocycles. The Balaban J connectivity index is 0.00000220. The molecular formula is C14H18ClF3N2O. The van der Waals surface area contributed by atoms with Crippen molar-refractivity contribution in [2.75, 3.05) is 13.1 Å². The average Bonchev–Trinajstić information content (AvgIpc) is 2.89. The third kappa shape index (κ3) is 5.55. The number of rotatable bonds is 4. The molecule has 1 unspecified atom stereocenters. The van der Waals surface area contributed by atoms with Crippen molar-refractivity contribution >= 4 is 18.3 Å². The molecule has 1 fully saturated rings. The topological polar surface area (TPSA) is 41.1 Å². The first-order valence-electron chi connectivity index (χ1n) is 6.61. The van der Waals surface area contributed by atoms with Gasteiger partial charge in [-0.2, -0.15) is 13.2 Å². The number of halogens is 4. The van der Waals surface area contributed by atoms with Gasteiger partial charge in [-0.05, 0) is 31.0 Å². The van der Waals surface area contributed by atoms with Crippen molar-refractivity contribution in [3.8, 4) is 0 Å². The SMILES string of the molecule is Cl.O=C(Cc1cccc(C(F)(F)F)c1)NCC1CCCN1. The lowest BCUT2D eigenvalue weighted by Gasteiger charge is -2.12. The highest BCUT2D eigenvalue weighted by atomic mass is 35.5. The van der Waals surface area contributed by atoms with Crippen LogP contribution in [0.15, 0.2) is 24.3 Å². The fourth-order valence-corrected chi connectivity index (χ4v) is 2.27. The van der Waals surface area contributed by atoms with Gasteiger partial charge in [0.1, 0.15) is 0 Å². The number of hydrogen-bond acceptors (Lipinski definition) is 2. The van der Waals surface area contributed by atoms with Crippen molar-refractivity contribution in [3.63, 3.8) is 0 Å². The summed E-state index contributed by atoms with van der Waals surface area (Å²) in [5.41, 5.74) is -0.350. The molecule has 1 atom stereocenters. The molecule has 2 rings (SSSR count). The van der Waals surface area contributed by atoms with Gasteiger partial charge in [0.05, 0.1) is 12.0 Å². The standard InChI is InChI=1S/C14H17F3N2O.ClH/c15-14(16,17)11-4-1-3-10(7-11)8-13(20)19-9-12-5-2-6-18-12;/h1,3-4,7,12,18H,2,5-6,8-9H2,(H,19,20);1H. The monoisotopic (exact) mass is 322 g/mol. The molecule has 1 heterocycles. The molecule has 1 aliphatic heterocycles. The maximum Gasteiger partial charge on any atom is 0.416 e. The van der Waals surface area contributed by atoms with Crippen LogP contribution < -0.4 is 10.6 Å². The van der Waals surface area contributed by atoms with Crippen molar-refractivity contribution in [1.29, 1.82) is 0 Å². The van der Waals surface area contributed by atoms with Gasteiger partial charge in [-0.1, -0.05) is 18.2 Å². The van der Waals surface area contributed by atoms with Gasteiger partial charge in [0.15, 0.2) is 0 Å². The maximum atomic E-state index is 12.5. The molecule has 1 amide bonds. The summed E-state index contributed by atoms with van der Waals surface area (Å²) < 4.78 is 37.6. The lowest BCUT2D eigenvalue weighted by Crippen LogP contribution is -2.37. The van der Waals surface area contributed by atoms with E-state index in [2.05, 4.69) is 10.6 Å². The quantitative estimate of drug-likeness (QED) is 0.894. The Morgan fingerprint density at radius 2 is 2.14 bits per heavy atom. The van der Waals surface area contributed by atoms with Gasteiger partial charge >= 0.3 is 6.18 Å². The van der Waals surface area contributed by atoms with E-state index in [1.165, 1.54) is 12.1 Å². The molecule has 0 spiro atoms. The zero-order valence-electron chi connectivity index (χ0n) is 11.4.